The van der Waals surface area contributed by atoms with E-state index < -0.39 is 23.3 Å². The van der Waals surface area contributed by atoms with Crippen LogP contribution in [0.25, 0.3) is 11.1 Å². The molecule has 0 saturated heterocycles. The molecule has 1 saturated carbocycles. The largest absolute Gasteiger partial charge is 0.497 e. The molecule has 6 heteroatoms. The summed E-state index contributed by atoms with van der Waals surface area (Å²) in [6.07, 6.45) is 2.95. The molecule has 0 heterocycles. The summed E-state index contributed by atoms with van der Waals surface area (Å²) in [5.74, 6) is 0.344. The Hall–Kier alpha value is -3.64. The van der Waals surface area contributed by atoms with Crippen molar-refractivity contribution >= 4 is 5.97 Å². The van der Waals surface area contributed by atoms with Crippen LogP contribution >= 0.6 is 0 Å². The Bertz CT molecular complexity index is 1310. The van der Waals surface area contributed by atoms with Crippen molar-refractivity contribution in [3.8, 4) is 22.6 Å². The van der Waals surface area contributed by atoms with Crippen molar-refractivity contribution in [1.82, 2.24) is 0 Å². The number of methoxy groups -OCH3 is 1. The number of carboxylic acids is 1. The van der Waals surface area contributed by atoms with Crippen LogP contribution in [0.2, 0.25) is 0 Å². The monoisotopic (exact) mass is 518 g/mol. The van der Waals surface area contributed by atoms with Gasteiger partial charge in [0.15, 0.2) is 0 Å². The third kappa shape index (κ3) is 6.25. The molecule has 200 valence electrons. The predicted molar refractivity (Wildman–Crippen MR) is 146 cm³/mol. The van der Waals surface area contributed by atoms with E-state index in [1.807, 2.05) is 50.2 Å². The summed E-state index contributed by atoms with van der Waals surface area (Å²) in [5, 5.41) is 20.7. The van der Waals surface area contributed by atoms with Gasteiger partial charge in [0, 0.05) is 11.0 Å². The minimum Gasteiger partial charge on any atom is -0.497 e. The molecule has 0 bridgehead atoms. The lowest BCUT2D eigenvalue weighted by Crippen LogP contribution is -2.20. The van der Waals surface area contributed by atoms with Crippen LogP contribution in [0.15, 0.2) is 73.3 Å². The Morgan fingerprint density at radius 1 is 1.11 bits per heavy atom. The first-order chi connectivity index (χ1) is 18.1. The Kier molecular flexibility index (Phi) is 8.22. The van der Waals surface area contributed by atoms with Gasteiger partial charge in [-0.3, -0.25) is 4.79 Å². The zero-order valence-electron chi connectivity index (χ0n) is 22.1. The number of halogens is 1. The molecule has 1 fully saturated rings. The van der Waals surface area contributed by atoms with Crippen LogP contribution in [0, 0.1) is 17.2 Å². The van der Waals surface area contributed by atoms with Crippen molar-refractivity contribution in [3.05, 3.63) is 95.8 Å². The first kappa shape index (κ1) is 27.4. The molecule has 0 spiro atoms. The van der Waals surface area contributed by atoms with Crippen LogP contribution in [0.5, 0.6) is 11.5 Å². The second-order valence-corrected chi connectivity index (χ2v) is 10.6. The van der Waals surface area contributed by atoms with Crippen LogP contribution < -0.4 is 9.47 Å². The van der Waals surface area contributed by atoms with Crippen LogP contribution in [0.3, 0.4) is 0 Å². The number of benzene rings is 3. The van der Waals surface area contributed by atoms with Gasteiger partial charge in [-0.2, -0.15) is 0 Å². The second-order valence-electron chi connectivity index (χ2n) is 10.6. The third-order valence-corrected chi connectivity index (χ3v) is 7.38. The molecule has 0 aromatic heterocycles. The summed E-state index contributed by atoms with van der Waals surface area (Å²) in [5.41, 5.74) is 2.58. The maximum absolute atomic E-state index is 14.9. The van der Waals surface area contributed by atoms with Gasteiger partial charge in [0.2, 0.25) is 0 Å². The second kappa shape index (κ2) is 11.4. The van der Waals surface area contributed by atoms with E-state index >= 15 is 0 Å². The standard InChI is InChI=1S/C32H35FO5/c1-5-32(2,3)31(36)28-15-20(9-13-25(28)27-17-23(37-4)12-14-29(27)33)19-38-24-8-6-7-22(16-24)26(18-30(34)35)21-10-11-21/h5-9,12-17,21,26,31,36H,1,10-11,18-19H2,2-4H3,(H,34,35)/t26?,31-/m0/s1. The number of rotatable bonds is 12. The van der Waals surface area contributed by atoms with Crippen molar-refractivity contribution in [2.24, 2.45) is 11.3 Å². The number of aliphatic carboxylic acids is 1. The molecule has 2 atom stereocenters. The highest BCUT2D eigenvalue weighted by atomic mass is 19.1. The van der Waals surface area contributed by atoms with E-state index in [0.717, 1.165) is 24.0 Å². The maximum atomic E-state index is 14.9. The SMILES string of the molecule is C=CC(C)(C)[C@@H](O)c1cc(COc2cccc(C(CC(=O)O)C3CC3)c2)ccc1-c1cc(OC)ccc1F. The Balaban J connectivity index is 1.63. The first-order valence-electron chi connectivity index (χ1n) is 12.9. The van der Waals surface area contributed by atoms with Crippen LogP contribution in [-0.2, 0) is 11.4 Å². The molecule has 1 aliphatic carbocycles. The maximum Gasteiger partial charge on any atom is 0.303 e. The number of aliphatic hydroxyl groups excluding tert-OH is 1. The van der Waals surface area contributed by atoms with Gasteiger partial charge < -0.3 is 19.7 Å². The molecule has 1 unspecified atom stereocenters. The fourth-order valence-corrected chi connectivity index (χ4v) is 4.77. The van der Waals surface area contributed by atoms with E-state index in [-0.39, 0.29) is 18.9 Å². The van der Waals surface area contributed by atoms with Gasteiger partial charge >= 0.3 is 5.97 Å². The fourth-order valence-electron chi connectivity index (χ4n) is 4.77. The lowest BCUT2D eigenvalue weighted by molar-refractivity contribution is -0.137. The molecule has 5 nitrogen and oxygen atoms in total. The zero-order valence-corrected chi connectivity index (χ0v) is 22.1. The van der Waals surface area contributed by atoms with Crippen molar-refractivity contribution < 1.29 is 28.9 Å². The molecular formula is C32H35FO5. The minimum atomic E-state index is -0.945. The van der Waals surface area contributed by atoms with E-state index in [0.29, 0.717) is 34.1 Å². The van der Waals surface area contributed by atoms with Gasteiger partial charge in [0.05, 0.1) is 19.6 Å². The lowest BCUT2D eigenvalue weighted by atomic mass is 9.79. The number of carbonyl (C=O) groups is 1. The van der Waals surface area contributed by atoms with E-state index in [2.05, 4.69) is 6.58 Å². The van der Waals surface area contributed by atoms with Gasteiger partial charge in [0.1, 0.15) is 23.9 Å². The average Bonchev–Trinajstić information content (AvgIpc) is 3.76. The normalized spacial score (nSPS) is 15.0. The number of hydrogen-bond acceptors (Lipinski definition) is 4. The molecule has 3 aromatic rings. The summed E-state index contributed by atoms with van der Waals surface area (Å²) in [7, 11) is 1.53. The predicted octanol–water partition coefficient (Wildman–Crippen LogP) is 7.29. The molecular weight excluding hydrogens is 483 g/mol. The summed E-state index contributed by atoms with van der Waals surface area (Å²) < 4.78 is 26.3. The van der Waals surface area contributed by atoms with Gasteiger partial charge in [-0.1, -0.05) is 44.2 Å². The van der Waals surface area contributed by atoms with Gasteiger partial charge in [0.25, 0.3) is 0 Å². The van der Waals surface area contributed by atoms with Crippen molar-refractivity contribution in [1.29, 1.82) is 0 Å². The number of hydrogen-bond donors (Lipinski definition) is 2. The molecule has 0 aliphatic heterocycles. The topological polar surface area (TPSA) is 76.0 Å². The molecule has 3 aromatic carbocycles. The summed E-state index contributed by atoms with van der Waals surface area (Å²) in [4.78, 5) is 11.4. The molecule has 1 aliphatic rings. The number of ether oxygens (including phenoxy) is 2. The van der Waals surface area contributed by atoms with Crippen LogP contribution in [0.4, 0.5) is 4.39 Å². The average molecular weight is 519 g/mol. The Labute approximate surface area is 223 Å². The number of aliphatic hydroxyl groups is 1. The highest BCUT2D eigenvalue weighted by molar-refractivity contribution is 5.71. The smallest absolute Gasteiger partial charge is 0.303 e. The molecule has 0 amide bonds. The highest BCUT2D eigenvalue weighted by Crippen LogP contribution is 2.45. The van der Waals surface area contributed by atoms with Crippen molar-refractivity contribution in [2.45, 2.75) is 51.7 Å². The minimum absolute atomic E-state index is 0.0176. The van der Waals surface area contributed by atoms with E-state index in [1.165, 1.54) is 13.2 Å². The lowest BCUT2D eigenvalue weighted by Gasteiger charge is -2.29. The van der Waals surface area contributed by atoms with Gasteiger partial charge in [-0.25, -0.2) is 4.39 Å². The fraction of sp³-hybridized carbons (Fsp3) is 0.344. The molecule has 2 N–H and O–H groups in total. The molecule has 38 heavy (non-hydrogen) atoms. The summed E-state index contributed by atoms with van der Waals surface area (Å²) in [6, 6.07) is 17.6. The highest BCUT2D eigenvalue weighted by Gasteiger charge is 2.34. The van der Waals surface area contributed by atoms with Crippen LogP contribution in [-0.4, -0.2) is 23.3 Å². The van der Waals surface area contributed by atoms with E-state index in [9.17, 15) is 19.4 Å². The molecule has 0 radical (unpaired) electrons. The zero-order chi connectivity index (χ0) is 27.4. The third-order valence-electron chi connectivity index (χ3n) is 7.38. The quantitative estimate of drug-likeness (QED) is 0.246. The van der Waals surface area contributed by atoms with Gasteiger partial charge in [-0.15, -0.1) is 6.58 Å². The van der Waals surface area contributed by atoms with Crippen molar-refractivity contribution in [2.75, 3.05) is 7.11 Å². The van der Waals surface area contributed by atoms with E-state index in [4.69, 9.17) is 9.47 Å². The molecule has 4 rings (SSSR count). The van der Waals surface area contributed by atoms with Gasteiger partial charge in [-0.05, 0) is 83.3 Å². The van der Waals surface area contributed by atoms with E-state index in [1.54, 1.807) is 24.3 Å². The summed E-state index contributed by atoms with van der Waals surface area (Å²) >= 11 is 0. The summed E-state index contributed by atoms with van der Waals surface area (Å²) in [6.45, 7) is 7.84. The Morgan fingerprint density at radius 3 is 2.53 bits per heavy atom. The Morgan fingerprint density at radius 2 is 1.87 bits per heavy atom. The number of carboxylic acid groups (broad SMARTS) is 1. The van der Waals surface area contributed by atoms with Crippen LogP contribution in [0.1, 0.15) is 61.8 Å². The van der Waals surface area contributed by atoms with Crippen molar-refractivity contribution in [3.63, 3.8) is 0 Å². The first-order valence-corrected chi connectivity index (χ1v) is 12.9.